The lowest BCUT2D eigenvalue weighted by molar-refractivity contribution is 0.100. The van der Waals surface area contributed by atoms with E-state index >= 15 is 0 Å². The Hall–Kier alpha value is -1.23. The summed E-state index contributed by atoms with van der Waals surface area (Å²) in [4.78, 5) is 13.8. The minimum absolute atomic E-state index is 0.443. The first kappa shape index (κ1) is 12.8. The highest BCUT2D eigenvalue weighted by Crippen LogP contribution is 2.32. The van der Waals surface area contributed by atoms with Crippen molar-refractivity contribution in [1.82, 2.24) is 0 Å². The van der Waals surface area contributed by atoms with Crippen molar-refractivity contribution in [3.8, 4) is 0 Å². The number of primary amides is 1. The fraction of sp³-hybridized carbons (Fsp3) is 0.545. The molecule has 0 aliphatic carbocycles. The largest absolute Gasteiger partial charge is 0.397 e. The highest BCUT2D eigenvalue weighted by Gasteiger charge is 2.14. The Bertz CT molecular complexity index is 356. The van der Waals surface area contributed by atoms with E-state index in [1.54, 1.807) is 0 Å². The van der Waals surface area contributed by atoms with Crippen LogP contribution in [-0.2, 0) is 0 Å². The number of rotatable bonds is 6. The number of carbonyl (C=O) groups excluding carboxylic acids is 1. The predicted molar refractivity (Wildman–Crippen MR) is 70.0 cm³/mol. The van der Waals surface area contributed by atoms with E-state index in [1.165, 1.54) is 11.3 Å². The standard InChI is InChI=1S/C11H19N3OS/c1-3-5-14(6-4-2)9-7-8(12)10(16-9)11(13)15/h7H,3-6,12H2,1-2H3,(H2,13,15). The maximum atomic E-state index is 11.1. The third-order valence-corrected chi connectivity index (χ3v) is 3.50. The van der Waals surface area contributed by atoms with Gasteiger partial charge in [-0.3, -0.25) is 4.79 Å². The molecule has 1 heterocycles. The molecule has 1 aromatic rings. The summed E-state index contributed by atoms with van der Waals surface area (Å²) in [6.45, 7) is 6.22. The van der Waals surface area contributed by atoms with Gasteiger partial charge in [0.25, 0.3) is 5.91 Å². The highest BCUT2D eigenvalue weighted by molar-refractivity contribution is 7.18. The van der Waals surface area contributed by atoms with Gasteiger partial charge in [0.05, 0.1) is 10.7 Å². The smallest absolute Gasteiger partial charge is 0.260 e. The fourth-order valence-corrected chi connectivity index (χ4v) is 2.60. The second-order valence-corrected chi connectivity index (χ2v) is 4.75. The van der Waals surface area contributed by atoms with Crippen molar-refractivity contribution in [2.45, 2.75) is 26.7 Å². The van der Waals surface area contributed by atoms with Crippen LogP contribution in [0.2, 0.25) is 0 Å². The Labute approximate surface area is 100 Å². The average Bonchev–Trinajstić information content (AvgIpc) is 2.60. The van der Waals surface area contributed by atoms with Crippen LogP contribution in [0.15, 0.2) is 6.07 Å². The van der Waals surface area contributed by atoms with Crippen LogP contribution in [-0.4, -0.2) is 19.0 Å². The lowest BCUT2D eigenvalue weighted by Gasteiger charge is -2.21. The fourth-order valence-electron chi connectivity index (χ4n) is 1.61. The number of amides is 1. The molecule has 0 unspecified atom stereocenters. The molecule has 16 heavy (non-hydrogen) atoms. The van der Waals surface area contributed by atoms with Crippen LogP contribution in [0.25, 0.3) is 0 Å². The average molecular weight is 241 g/mol. The summed E-state index contributed by atoms with van der Waals surface area (Å²) < 4.78 is 0. The van der Waals surface area contributed by atoms with E-state index < -0.39 is 5.91 Å². The van der Waals surface area contributed by atoms with E-state index in [0.717, 1.165) is 30.9 Å². The van der Waals surface area contributed by atoms with E-state index in [4.69, 9.17) is 11.5 Å². The molecule has 0 atom stereocenters. The van der Waals surface area contributed by atoms with Crippen LogP contribution in [0.1, 0.15) is 36.4 Å². The van der Waals surface area contributed by atoms with Gasteiger partial charge in [0.15, 0.2) is 0 Å². The summed E-state index contributed by atoms with van der Waals surface area (Å²) in [5.74, 6) is -0.443. The van der Waals surface area contributed by atoms with Crippen LogP contribution in [0, 0.1) is 0 Å². The van der Waals surface area contributed by atoms with E-state index in [-0.39, 0.29) is 0 Å². The van der Waals surface area contributed by atoms with Gasteiger partial charge in [-0.05, 0) is 18.9 Å². The van der Waals surface area contributed by atoms with E-state index in [2.05, 4.69) is 18.7 Å². The van der Waals surface area contributed by atoms with Crippen molar-refractivity contribution >= 4 is 27.9 Å². The third kappa shape index (κ3) is 2.88. The Balaban J connectivity index is 2.92. The zero-order chi connectivity index (χ0) is 12.1. The zero-order valence-corrected chi connectivity index (χ0v) is 10.6. The molecule has 90 valence electrons. The van der Waals surface area contributed by atoms with Crippen molar-refractivity contribution in [3.63, 3.8) is 0 Å². The maximum Gasteiger partial charge on any atom is 0.260 e. The van der Waals surface area contributed by atoms with Crippen LogP contribution in [0.3, 0.4) is 0 Å². The molecule has 0 aliphatic rings. The second kappa shape index (κ2) is 5.75. The molecule has 1 amide bonds. The Morgan fingerprint density at radius 1 is 1.38 bits per heavy atom. The van der Waals surface area contributed by atoms with E-state index in [0.29, 0.717) is 10.6 Å². The summed E-state index contributed by atoms with van der Waals surface area (Å²) >= 11 is 1.38. The molecular weight excluding hydrogens is 222 g/mol. The summed E-state index contributed by atoms with van der Waals surface area (Å²) in [6, 6.07) is 1.84. The SMILES string of the molecule is CCCN(CCC)c1cc(N)c(C(N)=O)s1. The first-order valence-electron chi connectivity index (χ1n) is 5.54. The van der Waals surface area contributed by atoms with Gasteiger partial charge in [-0.2, -0.15) is 0 Å². The van der Waals surface area contributed by atoms with Crippen molar-refractivity contribution in [2.24, 2.45) is 5.73 Å². The molecule has 0 saturated carbocycles. The Morgan fingerprint density at radius 2 is 1.94 bits per heavy atom. The minimum Gasteiger partial charge on any atom is -0.397 e. The monoisotopic (exact) mass is 241 g/mol. The molecule has 5 heteroatoms. The molecule has 0 aromatic carbocycles. The van der Waals surface area contributed by atoms with Crippen LogP contribution in [0.5, 0.6) is 0 Å². The van der Waals surface area contributed by atoms with Gasteiger partial charge in [-0.25, -0.2) is 0 Å². The number of anilines is 2. The van der Waals surface area contributed by atoms with Crippen LogP contribution < -0.4 is 16.4 Å². The number of carbonyl (C=O) groups is 1. The molecular formula is C11H19N3OS. The zero-order valence-electron chi connectivity index (χ0n) is 9.82. The summed E-state index contributed by atoms with van der Waals surface area (Å²) in [5.41, 5.74) is 11.5. The lowest BCUT2D eigenvalue weighted by atomic mass is 10.3. The van der Waals surface area contributed by atoms with Gasteiger partial charge in [0.1, 0.15) is 4.88 Å². The van der Waals surface area contributed by atoms with Gasteiger partial charge in [-0.1, -0.05) is 13.8 Å². The summed E-state index contributed by atoms with van der Waals surface area (Å²) in [5, 5.41) is 1.04. The molecule has 0 radical (unpaired) electrons. The van der Waals surface area contributed by atoms with Gasteiger partial charge in [0, 0.05) is 13.1 Å². The highest BCUT2D eigenvalue weighted by atomic mass is 32.1. The number of nitrogen functional groups attached to an aromatic ring is 1. The molecule has 0 aliphatic heterocycles. The topological polar surface area (TPSA) is 72.3 Å². The second-order valence-electron chi connectivity index (χ2n) is 3.72. The van der Waals surface area contributed by atoms with Crippen molar-refractivity contribution < 1.29 is 4.79 Å². The minimum atomic E-state index is -0.443. The lowest BCUT2D eigenvalue weighted by Crippen LogP contribution is -2.23. The third-order valence-electron chi connectivity index (χ3n) is 2.27. The predicted octanol–water partition coefficient (Wildman–Crippen LogP) is 2.06. The molecule has 4 nitrogen and oxygen atoms in total. The first-order chi connectivity index (χ1) is 7.60. The normalized spacial score (nSPS) is 10.4. The van der Waals surface area contributed by atoms with Crippen LogP contribution in [0.4, 0.5) is 10.7 Å². The number of nitrogens with two attached hydrogens (primary N) is 2. The number of hydrogen-bond acceptors (Lipinski definition) is 4. The van der Waals surface area contributed by atoms with Crippen molar-refractivity contribution in [3.05, 3.63) is 10.9 Å². The summed E-state index contributed by atoms with van der Waals surface area (Å²) in [7, 11) is 0. The maximum absolute atomic E-state index is 11.1. The van der Waals surface area contributed by atoms with Gasteiger partial charge in [-0.15, -0.1) is 11.3 Å². The van der Waals surface area contributed by atoms with Crippen molar-refractivity contribution in [1.29, 1.82) is 0 Å². The molecule has 1 aromatic heterocycles. The molecule has 4 N–H and O–H groups in total. The van der Waals surface area contributed by atoms with Gasteiger partial charge >= 0.3 is 0 Å². The van der Waals surface area contributed by atoms with E-state index in [9.17, 15) is 4.79 Å². The Morgan fingerprint density at radius 3 is 2.31 bits per heavy atom. The number of thiophene rings is 1. The van der Waals surface area contributed by atoms with Crippen molar-refractivity contribution in [2.75, 3.05) is 23.7 Å². The number of hydrogen-bond donors (Lipinski definition) is 2. The number of nitrogens with zero attached hydrogens (tertiary/aromatic N) is 1. The molecule has 0 spiro atoms. The van der Waals surface area contributed by atoms with Crippen LogP contribution >= 0.6 is 11.3 Å². The first-order valence-corrected chi connectivity index (χ1v) is 6.35. The quantitative estimate of drug-likeness (QED) is 0.800. The summed E-state index contributed by atoms with van der Waals surface area (Å²) in [6.07, 6.45) is 2.15. The molecule has 0 saturated heterocycles. The molecule has 1 rings (SSSR count). The van der Waals surface area contributed by atoms with E-state index in [1.807, 2.05) is 6.07 Å². The van der Waals surface area contributed by atoms with Gasteiger partial charge < -0.3 is 16.4 Å². The van der Waals surface area contributed by atoms with Gasteiger partial charge in [0.2, 0.25) is 0 Å². The molecule has 0 bridgehead atoms. The Kier molecular flexibility index (Phi) is 4.61. The molecule has 0 fully saturated rings.